The van der Waals surface area contributed by atoms with Crippen LogP contribution in [0.2, 0.25) is 0 Å². The first kappa shape index (κ1) is 14.9. The monoisotopic (exact) mass is 343 g/mol. The van der Waals surface area contributed by atoms with E-state index in [-0.39, 0.29) is 12.0 Å². The zero-order chi connectivity index (χ0) is 13.5. The van der Waals surface area contributed by atoms with Gasteiger partial charge in [0.1, 0.15) is 0 Å². The smallest absolute Gasteiger partial charge is 0.220 e. The molecule has 1 heterocycles. The van der Waals surface area contributed by atoms with Crippen LogP contribution in [0.1, 0.15) is 19.3 Å². The van der Waals surface area contributed by atoms with Gasteiger partial charge in [-0.2, -0.15) is 0 Å². The van der Waals surface area contributed by atoms with Crippen molar-refractivity contribution in [1.29, 1.82) is 0 Å². The molecule has 104 valence electrons. The van der Waals surface area contributed by atoms with Crippen molar-refractivity contribution in [2.24, 2.45) is 0 Å². The summed E-state index contributed by atoms with van der Waals surface area (Å²) < 4.78 is 6.55. The van der Waals surface area contributed by atoms with E-state index in [2.05, 4.69) is 27.3 Å². The van der Waals surface area contributed by atoms with Crippen molar-refractivity contribution in [3.63, 3.8) is 0 Å². The van der Waals surface area contributed by atoms with E-state index in [1.807, 2.05) is 18.2 Å². The van der Waals surface area contributed by atoms with Crippen LogP contribution in [0.25, 0.3) is 0 Å². The van der Waals surface area contributed by atoms with Gasteiger partial charge in [-0.1, -0.05) is 12.1 Å². The fourth-order valence-corrected chi connectivity index (χ4v) is 3.45. The van der Waals surface area contributed by atoms with Crippen LogP contribution in [0.5, 0.6) is 0 Å². The molecule has 1 saturated heterocycles. The fourth-order valence-electron chi connectivity index (χ4n) is 1.94. The third kappa shape index (κ3) is 5.16. The van der Waals surface area contributed by atoms with Gasteiger partial charge in [0.05, 0.1) is 6.10 Å². The van der Waals surface area contributed by atoms with Gasteiger partial charge < -0.3 is 10.1 Å². The van der Waals surface area contributed by atoms with Gasteiger partial charge in [-0.3, -0.25) is 4.79 Å². The van der Waals surface area contributed by atoms with Crippen molar-refractivity contribution >= 4 is 33.6 Å². The van der Waals surface area contributed by atoms with Gasteiger partial charge in [0.25, 0.3) is 0 Å². The van der Waals surface area contributed by atoms with Crippen LogP contribution >= 0.6 is 27.7 Å². The molecule has 0 spiro atoms. The van der Waals surface area contributed by atoms with Crippen LogP contribution in [0, 0.1) is 0 Å². The van der Waals surface area contributed by atoms with Crippen molar-refractivity contribution in [1.82, 2.24) is 5.32 Å². The molecule has 0 radical (unpaired) electrons. The predicted molar refractivity (Wildman–Crippen MR) is 81.5 cm³/mol. The third-order valence-electron chi connectivity index (χ3n) is 2.97. The summed E-state index contributed by atoms with van der Waals surface area (Å²) in [6, 6.07) is 8.06. The van der Waals surface area contributed by atoms with Gasteiger partial charge in [0.15, 0.2) is 0 Å². The molecule has 1 amide bonds. The summed E-state index contributed by atoms with van der Waals surface area (Å²) >= 11 is 5.20. The lowest BCUT2D eigenvalue weighted by Crippen LogP contribution is -2.31. The summed E-state index contributed by atoms with van der Waals surface area (Å²) in [5, 5.41) is 2.94. The topological polar surface area (TPSA) is 38.3 Å². The van der Waals surface area contributed by atoms with E-state index >= 15 is 0 Å². The van der Waals surface area contributed by atoms with Gasteiger partial charge in [-0.25, -0.2) is 0 Å². The van der Waals surface area contributed by atoms with Gasteiger partial charge in [0.2, 0.25) is 5.91 Å². The number of hydrogen-bond donors (Lipinski definition) is 1. The molecule has 0 saturated carbocycles. The first-order chi connectivity index (χ1) is 9.25. The standard InChI is InChI=1S/C14H18BrNO2S/c15-12-5-1-2-6-13(12)19-9-7-14(17)16-10-11-4-3-8-18-11/h1-2,5-6,11H,3-4,7-10H2,(H,16,17). The molecule has 1 aromatic carbocycles. The SMILES string of the molecule is O=C(CCSc1ccccc1Br)NCC1CCCO1. The first-order valence-electron chi connectivity index (χ1n) is 6.51. The summed E-state index contributed by atoms with van der Waals surface area (Å²) in [5.41, 5.74) is 0. The lowest BCUT2D eigenvalue weighted by atomic mass is 10.2. The fraction of sp³-hybridized carbons (Fsp3) is 0.500. The molecule has 0 bridgehead atoms. The number of carbonyl (C=O) groups is 1. The molecule has 19 heavy (non-hydrogen) atoms. The molecule has 1 atom stereocenters. The van der Waals surface area contributed by atoms with Crippen molar-refractivity contribution < 1.29 is 9.53 Å². The van der Waals surface area contributed by atoms with Crippen molar-refractivity contribution in [2.45, 2.75) is 30.3 Å². The molecule has 1 aromatic rings. The van der Waals surface area contributed by atoms with E-state index in [1.54, 1.807) is 11.8 Å². The maximum atomic E-state index is 11.7. The van der Waals surface area contributed by atoms with Crippen molar-refractivity contribution in [3.05, 3.63) is 28.7 Å². The Balaban J connectivity index is 1.62. The Labute approximate surface area is 126 Å². The predicted octanol–water partition coefficient (Wildman–Crippen LogP) is 3.23. The van der Waals surface area contributed by atoms with E-state index in [0.717, 1.165) is 29.7 Å². The Morgan fingerprint density at radius 1 is 1.47 bits per heavy atom. The molecule has 0 aromatic heterocycles. The summed E-state index contributed by atoms with van der Waals surface area (Å²) in [4.78, 5) is 12.9. The van der Waals surface area contributed by atoms with E-state index < -0.39 is 0 Å². The Kier molecular flexibility index (Phi) is 6.20. The Morgan fingerprint density at radius 3 is 3.05 bits per heavy atom. The second-order valence-electron chi connectivity index (χ2n) is 4.47. The quantitative estimate of drug-likeness (QED) is 0.806. The molecule has 2 rings (SSSR count). The van der Waals surface area contributed by atoms with Gasteiger partial charge in [-0.15, -0.1) is 11.8 Å². The highest BCUT2D eigenvalue weighted by atomic mass is 79.9. The maximum absolute atomic E-state index is 11.7. The Hall–Kier alpha value is -0.520. The van der Waals surface area contributed by atoms with E-state index in [0.29, 0.717) is 13.0 Å². The van der Waals surface area contributed by atoms with Gasteiger partial charge in [-0.05, 0) is 40.9 Å². The lowest BCUT2D eigenvalue weighted by Gasteiger charge is -2.10. The number of rotatable bonds is 6. The zero-order valence-electron chi connectivity index (χ0n) is 10.7. The molecule has 1 fully saturated rings. The minimum absolute atomic E-state index is 0.107. The normalized spacial score (nSPS) is 18.5. The molecule has 1 aliphatic heterocycles. The van der Waals surface area contributed by atoms with Crippen LogP contribution in [0.3, 0.4) is 0 Å². The zero-order valence-corrected chi connectivity index (χ0v) is 13.1. The molecular formula is C14H18BrNO2S. The van der Waals surface area contributed by atoms with Crippen LogP contribution in [0.4, 0.5) is 0 Å². The molecular weight excluding hydrogens is 326 g/mol. The number of hydrogen-bond acceptors (Lipinski definition) is 3. The van der Waals surface area contributed by atoms with Gasteiger partial charge in [0, 0.05) is 34.7 Å². The molecule has 0 aliphatic carbocycles. The highest BCUT2D eigenvalue weighted by Gasteiger charge is 2.15. The molecule has 1 N–H and O–H groups in total. The van der Waals surface area contributed by atoms with E-state index in [9.17, 15) is 4.79 Å². The number of halogens is 1. The number of thioether (sulfide) groups is 1. The highest BCUT2D eigenvalue weighted by molar-refractivity contribution is 9.10. The summed E-state index contributed by atoms with van der Waals surface area (Å²) in [6.07, 6.45) is 2.93. The highest BCUT2D eigenvalue weighted by Crippen LogP contribution is 2.27. The minimum Gasteiger partial charge on any atom is -0.376 e. The number of amides is 1. The Morgan fingerprint density at radius 2 is 2.32 bits per heavy atom. The van der Waals surface area contributed by atoms with E-state index in [1.165, 1.54) is 4.90 Å². The third-order valence-corrected chi connectivity index (χ3v) is 5.00. The largest absolute Gasteiger partial charge is 0.376 e. The van der Waals surface area contributed by atoms with Crippen LogP contribution < -0.4 is 5.32 Å². The minimum atomic E-state index is 0.107. The van der Waals surface area contributed by atoms with Crippen LogP contribution in [-0.2, 0) is 9.53 Å². The molecule has 3 nitrogen and oxygen atoms in total. The molecule has 5 heteroatoms. The first-order valence-corrected chi connectivity index (χ1v) is 8.29. The second-order valence-corrected chi connectivity index (χ2v) is 6.46. The number of nitrogens with one attached hydrogen (secondary N) is 1. The van der Waals surface area contributed by atoms with Crippen molar-refractivity contribution in [2.75, 3.05) is 18.9 Å². The molecule has 1 unspecified atom stereocenters. The summed E-state index contributed by atoms with van der Waals surface area (Å²) in [7, 11) is 0. The van der Waals surface area contributed by atoms with E-state index in [4.69, 9.17) is 4.74 Å². The average molecular weight is 344 g/mol. The number of carbonyl (C=O) groups excluding carboxylic acids is 1. The van der Waals surface area contributed by atoms with Crippen molar-refractivity contribution in [3.8, 4) is 0 Å². The number of ether oxygens (including phenoxy) is 1. The molecule has 1 aliphatic rings. The summed E-state index contributed by atoms with van der Waals surface area (Å²) in [6.45, 7) is 1.48. The lowest BCUT2D eigenvalue weighted by molar-refractivity contribution is -0.121. The van der Waals surface area contributed by atoms with Crippen LogP contribution in [0.15, 0.2) is 33.6 Å². The average Bonchev–Trinajstić information content (AvgIpc) is 2.92. The maximum Gasteiger partial charge on any atom is 0.220 e. The van der Waals surface area contributed by atoms with Crippen LogP contribution in [-0.4, -0.2) is 30.9 Å². The van der Waals surface area contributed by atoms with Gasteiger partial charge >= 0.3 is 0 Å². The number of benzene rings is 1. The summed E-state index contributed by atoms with van der Waals surface area (Å²) in [5.74, 6) is 0.898. The Bertz CT molecular complexity index is 422. The second kappa shape index (κ2) is 7.92.